The molecule has 0 N–H and O–H groups in total. The molecule has 0 bridgehead atoms. The van der Waals surface area contributed by atoms with E-state index in [2.05, 4.69) is 6.08 Å². The Balaban J connectivity index is 2.09. The number of ether oxygens (including phenoxy) is 1. The largest absolute Gasteiger partial charge is 0.494 e. The number of hydrogen-bond acceptors (Lipinski definition) is 2. The number of methoxy groups -OCH3 is 1. The topological polar surface area (TPSA) is 26.3 Å². The van der Waals surface area contributed by atoms with Crippen molar-refractivity contribution in [3.63, 3.8) is 0 Å². The Hall–Kier alpha value is -1.64. The van der Waals surface area contributed by atoms with Gasteiger partial charge in [0.2, 0.25) is 0 Å². The fraction of sp³-hybridized carbons (Fsp3) is 0.400. The Labute approximate surface area is 106 Å². The van der Waals surface area contributed by atoms with E-state index in [4.69, 9.17) is 4.74 Å². The normalized spacial score (nSPS) is 15.1. The number of allylic oxidation sites excluding steroid dienone is 2. The summed E-state index contributed by atoms with van der Waals surface area (Å²) in [6, 6.07) is 4.37. The van der Waals surface area contributed by atoms with E-state index in [1.807, 2.05) is 0 Å². The molecule has 2 rings (SSSR count). The van der Waals surface area contributed by atoms with E-state index in [-0.39, 0.29) is 11.5 Å². The minimum absolute atomic E-state index is 0.0234. The standard InChI is InChI=1S/C15H17FO2/c1-18-15-8-7-12(10-13(15)16)14(17)9-11-5-3-2-4-6-11/h5,7-8,10H,2-4,6,9H2,1H3. The quantitative estimate of drug-likeness (QED) is 0.596. The molecule has 0 spiro atoms. The molecule has 0 radical (unpaired) electrons. The molecule has 2 nitrogen and oxygen atoms in total. The van der Waals surface area contributed by atoms with Gasteiger partial charge in [-0.05, 0) is 43.9 Å². The van der Waals surface area contributed by atoms with Gasteiger partial charge in [0.1, 0.15) is 0 Å². The van der Waals surface area contributed by atoms with Crippen molar-refractivity contribution in [2.75, 3.05) is 7.11 Å². The molecule has 0 amide bonds. The maximum absolute atomic E-state index is 13.5. The molecule has 18 heavy (non-hydrogen) atoms. The summed E-state index contributed by atoms with van der Waals surface area (Å²) in [4.78, 5) is 12.0. The number of hydrogen-bond donors (Lipinski definition) is 0. The van der Waals surface area contributed by atoms with E-state index in [9.17, 15) is 9.18 Å². The summed E-state index contributed by atoms with van der Waals surface area (Å²) in [5, 5.41) is 0. The minimum Gasteiger partial charge on any atom is -0.494 e. The molecule has 0 aliphatic heterocycles. The Morgan fingerprint density at radius 2 is 2.22 bits per heavy atom. The van der Waals surface area contributed by atoms with Crippen molar-refractivity contribution >= 4 is 5.78 Å². The highest BCUT2D eigenvalue weighted by Gasteiger charge is 2.13. The van der Waals surface area contributed by atoms with Crippen LogP contribution in [0, 0.1) is 5.82 Å². The van der Waals surface area contributed by atoms with Crippen LogP contribution >= 0.6 is 0 Å². The van der Waals surface area contributed by atoms with Crippen LogP contribution in [0.2, 0.25) is 0 Å². The summed E-state index contributed by atoms with van der Waals surface area (Å²) in [6.07, 6.45) is 6.95. The highest BCUT2D eigenvalue weighted by molar-refractivity contribution is 5.97. The van der Waals surface area contributed by atoms with Gasteiger partial charge in [0, 0.05) is 12.0 Å². The number of halogens is 1. The number of Topliss-reactive ketones (excluding diaryl/α,β-unsaturated/α-hetero) is 1. The van der Waals surface area contributed by atoms with E-state index in [0.29, 0.717) is 12.0 Å². The van der Waals surface area contributed by atoms with Gasteiger partial charge in [-0.2, -0.15) is 0 Å². The third-order valence-corrected chi connectivity index (χ3v) is 3.25. The number of ketones is 1. The average Bonchev–Trinajstić information content (AvgIpc) is 2.39. The fourth-order valence-electron chi connectivity index (χ4n) is 2.21. The third kappa shape index (κ3) is 2.97. The second-order valence-corrected chi connectivity index (χ2v) is 4.56. The van der Waals surface area contributed by atoms with Gasteiger partial charge in [0.15, 0.2) is 17.3 Å². The predicted molar refractivity (Wildman–Crippen MR) is 68.5 cm³/mol. The van der Waals surface area contributed by atoms with E-state index in [1.54, 1.807) is 6.07 Å². The van der Waals surface area contributed by atoms with Gasteiger partial charge in [-0.15, -0.1) is 0 Å². The summed E-state index contributed by atoms with van der Waals surface area (Å²) in [5.74, 6) is -0.339. The minimum atomic E-state index is -0.485. The van der Waals surface area contributed by atoms with Gasteiger partial charge in [-0.3, -0.25) is 4.79 Å². The first-order valence-corrected chi connectivity index (χ1v) is 6.25. The van der Waals surface area contributed by atoms with Crippen molar-refractivity contribution in [1.82, 2.24) is 0 Å². The van der Waals surface area contributed by atoms with Crippen LogP contribution in [0.5, 0.6) is 5.75 Å². The van der Waals surface area contributed by atoms with Gasteiger partial charge in [-0.1, -0.05) is 11.6 Å². The number of carbonyl (C=O) groups excluding carboxylic acids is 1. The van der Waals surface area contributed by atoms with Gasteiger partial charge in [0.05, 0.1) is 7.11 Å². The molecule has 3 heteroatoms. The number of carbonyl (C=O) groups is 1. The van der Waals surface area contributed by atoms with Crippen LogP contribution in [0.15, 0.2) is 29.8 Å². The summed E-state index contributed by atoms with van der Waals surface area (Å²) < 4.78 is 18.3. The Morgan fingerprint density at radius 1 is 1.39 bits per heavy atom. The molecule has 1 aliphatic rings. The first-order chi connectivity index (χ1) is 8.70. The number of benzene rings is 1. The van der Waals surface area contributed by atoms with Crippen LogP contribution in [0.1, 0.15) is 42.5 Å². The first-order valence-electron chi connectivity index (χ1n) is 6.25. The SMILES string of the molecule is COc1ccc(C(=O)CC2=CCCCC2)cc1F. The van der Waals surface area contributed by atoms with Crippen LogP contribution < -0.4 is 4.74 Å². The second-order valence-electron chi connectivity index (χ2n) is 4.56. The van der Waals surface area contributed by atoms with Crippen LogP contribution in [0.3, 0.4) is 0 Å². The third-order valence-electron chi connectivity index (χ3n) is 3.25. The summed E-state index contributed by atoms with van der Waals surface area (Å²) in [7, 11) is 1.41. The molecule has 1 aromatic carbocycles. The highest BCUT2D eigenvalue weighted by atomic mass is 19.1. The van der Waals surface area contributed by atoms with Gasteiger partial charge in [-0.25, -0.2) is 4.39 Å². The monoisotopic (exact) mass is 248 g/mol. The van der Waals surface area contributed by atoms with Crippen LogP contribution in [-0.4, -0.2) is 12.9 Å². The molecule has 0 atom stereocenters. The molecular formula is C15H17FO2. The smallest absolute Gasteiger partial charge is 0.167 e. The van der Waals surface area contributed by atoms with Gasteiger partial charge < -0.3 is 4.74 Å². The predicted octanol–water partition coefficient (Wildman–Crippen LogP) is 3.91. The number of rotatable bonds is 4. The molecule has 0 heterocycles. The zero-order chi connectivity index (χ0) is 13.0. The van der Waals surface area contributed by atoms with Crippen molar-refractivity contribution in [3.8, 4) is 5.75 Å². The lowest BCUT2D eigenvalue weighted by Gasteiger charge is -2.12. The second kappa shape index (κ2) is 5.80. The summed E-state index contributed by atoms with van der Waals surface area (Å²) in [6.45, 7) is 0. The molecule has 1 aliphatic carbocycles. The van der Waals surface area contributed by atoms with Crippen molar-refractivity contribution in [2.45, 2.75) is 32.1 Å². The molecule has 1 aromatic rings. The maximum atomic E-state index is 13.5. The van der Waals surface area contributed by atoms with Crippen LogP contribution in [-0.2, 0) is 0 Å². The lowest BCUT2D eigenvalue weighted by atomic mass is 9.94. The highest BCUT2D eigenvalue weighted by Crippen LogP contribution is 2.23. The van der Waals surface area contributed by atoms with Crippen molar-refractivity contribution in [2.24, 2.45) is 0 Å². The molecular weight excluding hydrogens is 231 g/mol. The maximum Gasteiger partial charge on any atom is 0.167 e. The van der Waals surface area contributed by atoms with Crippen molar-refractivity contribution in [1.29, 1.82) is 0 Å². The van der Waals surface area contributed by atoms with Gasteiger partial charge >= 0.3 is 0 Å². The zero-order valence-electron chi connectivity index (χ0n) is 10.5. The molecule has 0 aromatic heterocycles. The van der Waals surface area contributed by atoms with Crippen molar-refractivity contribution < 1.29 is 13.9 Å². The molecule has 96 valence electrons. The van der Waals surface area contributed by atoms with Gasteiger partial charge in [0.25, 0.3) is 0 Å². The summed E-state index contributed by atoms with van der Waals surface area (Å²) >= 11 is 0. The van der Waals surface area contributed by atoms with Crippen LogP contribution in [0.25, 0.3) is 0 Å². The molecule has 0 fully saturated rings. The first kappa shape index (κ1) is 12.8. The van der Waals surface area contributed by atoms with Crippen LogP contribution in [0.4, 0.5) is 4.39 Å². The Kier molecular flexibility index (Phi) is 4.13. The Bertz CT molecular complexity index is 477. The van der Waals surface area contributed by atoms with E-state index < -0.39 is 5.82 Å². The molecule has 0 unspecified atom stereocenters. The van der Waals surface area contributed by atoms with E-state index >= 15 is 0 Å². The van der Waals surface area contributed by atoms with E-state index in [1.165, 1.54) is 31.2 Å². The Morgan fingerprint density at radius 3 is 2.83 bits per heavy atom. The summed E-state index contributed by atoms with van der Waals surface area (Å²) in [5.41, 5.74) is 1.60. The lowest BCUT2D eigenvalue weighted by Crippen LogP contribution is -2.04. The molecule has 0 saturated heterocycles. The average molecular weight is 248 g/mol. The molecule has 0 saturated carbocycles. The van der Waals surface area contributed by atoms with Crippen molar-refractivity contribution in [3.05, 3.63) is 41.2 Å². The lowest BCUT2D eigenvalue weighted by molar-refractivity contribution is 0.0991. The van der Waals surface area contributed by atoms with E-state index in [0.717, 1.165) is 19.3 Å². The zero-order valence-corrected chi connectivity index (χ0v) is 10.5. The fourth-order valence-corrected chi connectivity index (χ4v) is 2.21.